The first-order valence-electron chi connectivity index (χ1n) is 7.40. The minimum Gasteiger partial charge on any atom is -0.388 e. The van der Waals surface area contributed by atoms with Gasteiger partial charge < -0.3 is 9.84 Å². The number of morpholine rings is 1. The average molecular weight is 281 g/mol. The second-order valence-electron chi connectivity index (χ2n) is 5.53. The van der Waals surface area contributed by atoms with E-state index < -0.39 is 6.10 Å². The molecule has 1 heterocycles. The molecule has 3 atom stereocenters. The molecule has 3 unspecified atom stereocenters. The summed E-state index contributed by atoms with van der Waals surface area (Å²) in [5.74, 6) is -0.331. The van der Waals surface area contributed by atoms with Crippen LogP contribution in [0.3, 0.4) is 0 Å². The molecule has 0 aromatic heterocycles. The first-order valence-corrected chi connectivity index (χ1v) is 7.40. The molecule has 112 valence electrons. The van der Waals surface area contributed by atoms with Crippen LogP contribution in [-0.4, -0.2) is 41.8 Å². The molecule has 1 fully saturated rings. The maximum Gasteiger partial charge on any atom is 0.128 e. The van der Waals surface area contributed by atoms with E-state index in [0.29, 0.717) is 18.0 Å². The van der Waals surface area contributed by atoms with Crippen LogP contribution in [0.1, 0.15) is 38.4 Å². The number of ether oxygens (including phenoxy) is 1. The topological polar surface area (TPSA) is 32.7 Å². The van der Waals surface area contributed by atoms with Gasteiger partial charge in [0.05, 0.1) is 18.8 Å². The number of halogens is 1. The van der Waals surface area contributed by atoms with E-state index in [1.165, 1.54) is 6.07 Å². The van der Waals surface area contributed by atoms with Crippen LogP contribution in [0.5, 0.6) is 0 Å². The van der Waals surface area contributed by atoms with E-state index in [1.807, 2.05) is 0 Å². The predicted octanol–water partition coefficient (Wildman–Crippen LogP) is 2.75. The molecule has 1 aliphatic heterocycles. The van der Waals surface area contributed by atoms with Gasteiger partial charge in [-0.15, -0.1) is 0 Å². The maximum atomic E-state index is 13.6. The zero-order chi connectivity index (χ0) is 14.5. The standard InChI is InChI=1S/C16H24FNO2/c1-3-13-11-20-12(2)10-18(13)9-8-16(19)14-6-4-5-7-15(14)17/h4-7,12-13,16,19H,3,8-11H2,1-2H3. The van der Waals surface area contributed by atoms with E-state index in [-0.39, 0.29) is 11.9 Å². The fourth-order valence-electron chi connectivity index (χ4n) is 2.75. The molecular weight excluding hydrogens is 257 g/mol. The normalized spacial score (nSPS) is 25.6. The quantitative estimate of drug-likeness (QED) is 0.901. The van der Waals surface area contributed by atoms with Gasteiger partial charge >= 0.3 is 0 Å². The van der Waals surface area contributed by atoms with Crippen molar-refractivity contribution in [3.63, 3.8) is 0 Å². The molecule has 1 saturated heterocycles. The van der Waals surface area contributed by atoms with Gasteiger partial charge in [0, 0.05) is 24.7 Å². The third-order valence-electron chi connectivity index (χ3n) is 4.01. The van der Waals surface area contributed by atoms with Gasteiger partial charge in [0.25, 0.3) is 0 Å². The lowest BCUT2D eigenvalue weighted by Crippen LogP contribution is -2.48. The molecule has 20 heavy (non-hydrogen) atoms. The van der Waals surface area contributed by atoms with Gasteiger partial charge in [0.15, 0.2) is 0 Å². The van der Waals surface area contributed by atoms with E-state index in [2.05, 4.69) is 18.7 Å². The van der Waals surface area contributed by atoms with Crippen LogP contribution in [0.2, 0.25) is 0 Å². The van der Waals surface area contributed by atoms with Gasteiger partial charge in [0.1, 0.15) is 5.82 Å². The summed E-state index contributed by atoms with van der Waals surface area (Å²) in [6.45, 7) is 6.59. The fraction of sp³-hybridized carbons (Fsp3) is 0.625. The lowest BCUT2D eigenvalue weighted by Gasteiger charge is -2.38. The molecule has 0 radical (unpaired) electrons. The van der Waals surface area contributed by atoms with Crippen LogP contribution in [0, 0.1) is 5.82 Å². The molecule has 3 nitrogen and oxygen atoms in total. The smallest absolute Gasteiger partial charge is 0.128 e. The van der Waals surface area contributed by atoms with Gasteiger partial charge in [-0.3, -0.25) is 4.90 Å². The average Bonchev–Trinajstić information content (AvgIpc) is 2.45. The molecule has 0 saturated carbocycles. The molecule has 0 spiro atoms. The van der Waals surface area contributed by atoms with Gasteiger partial charge in [-0.2, -0.15) is 0 Å². The number of aliphatic hydroxyl groups excluding tert-OH is 1. The Balaban J connectivity index is 1.92. The van der Waals surface area contributed by atoms with Crippen LogP contribution < -0.4 is 0 Å². The minimum atomic E-state index is -0.744. The summed E-state index contributed by atoms with van der Waals surface area (Å²) in [6.07, 6.45) is 1.06. The zero-order valence-corrected chi connectivity index (χ0v) is 12.3. The fourth-order valence-corrected chi connectivity index (χ4v) is 2.75. The van der Waals surface area contributed by atoms with Crippen LogP contribution >= 0.6 is 0 Å². The number of aliphatic hydroxyl groups is 1. The van der Waals surface area contributed by atoms with Crippen molar-refractivity contribution in [1.29, 1.82) is 0 Å². The summed E-state index contributed by atoms with van der Waals surface area (Å²) >= 11 is 0. The first-order chi connectivity index (χ1) is 9.61. The predicted molar refractivity (Wildman–Crippen MR) is 77.0 cm³/mol. The molecule has 1 aromatic carbocycles. The van der Waals surface area contributed by atoms with Crippen molar-refractivity contribution < 1.29 is 14.2 Å². The van der Waals surface area contributed by atoms with Crippen molar-refractivity contribution in [3.05, 3.63) is 35.6 Å². The monoisotopic (exact) mass is 281 g/mol. The van der Waals surface area contributed by atoms with Crippen LogP contribution in [0.4, 0.5) is 4.39 Å². The third kappa shape index (κ3) is 3.78. The third-order valence-corrected chi connectivity index (χ3v) is 4.01. The highest BCUT2D eigenvalue weighted by atomic mass is 19.1. The maximum absolute atomic E-state index is 13.6. The molecular formula is C16H24FNO2. The molecule has 1 aromatic rings. The number of nitrogens with zero attached hydrogens (tertiary/aromatic N) is 1. The summed E-state index contributed by atoms with van der Waals surface area (Å²) in [4.78, 5) is 2.35. The number of hydrogen-bond donors (Lipinski definition) is 1. The highest BCUT2D eigenvalue weighted by molar-refractivity contribution is 5.19. The SMILES string of the molecule is CCC1COC(C)CN1CCC(O)c1ccccc1F. The number of rotatable bonds is 5. The van der Waals surface area contributed by atoms with Gasteiger partial charge in [0.2, 0.25) is 0 Å². The van der Waals surface area contributed by atoms with Crippen LogP contribution in [-0.2, 0) is 4.74 Å². The van der Waals surface area contributed by atoms with Gasteiger partial charge in [-0.1, -0.05) is 25.1 Å². The molecule has 0 bridgehead atoms. The Labute approximate surface area is 120 Å². The Hall–Kier alpha value is -0.970. The van der Waals surface area contributed by atoms with Crippen molar-refractivity contribution in [3.8, 4) is 0 Å². The Bertz CT molecular complexity index is 427. The Morgan fingerprint density at radius 3 is 2.90 bits per heavy atom. The van der Waals surface area contributed by atoms with E-state index >= 15 is 0 Å². The van der Waals surface area contributed by atoms with Crippen LogP contribution in [0.25, 0.3) is 0 Å². The van der Waals surface area contributed by atoms with Crippen molar-refractivity contribution in [1.82, 2.24) is 4.90 Å². The number of hydrogen-bond acceptors (Lipinski definition) is 3. The minimum absolute atomic E-state index is 0.225. The van der Waals surface area contributed by atoms with Gasteiger partial charge in [-0.05, 0) is 25.8 Å². The van der Waals surface area contributed by atoms with Crippen molar-refractivity contribution in [2.24, 2.45) is 0 Å². The van der Waals surface area contributed by atoms with E-state index in [0.717, 1.165) is 26.1 Å². The second-order valence-corrected chi connectivity index (χ2v) is 5.53. The Morgan fingerprint density at radius 1 is 1.45 bits per heavy atom. The summed E-state index contributed by atoms with van der Waals surface area (Å²) in [5.41, 5.74) is 0.391. The van der Waals surface area contributed by atoms with E-state index in [9.17, 15) is 9.50 Å². The van der Waals surface area contributed by atoms with Crippen LogP contribution in [0.15, 0.2) is 24.3 Å². The highest BCUT2D eigenvalue weighted by Crippen LogP contribution is 2.22. The molecule has 2 rings (SSSR count). The molecule has 0 amide bonds. The highest BCUT2D eigenvalue weighted by Gasteiger charge is 2.26. The number of benzene rings is 1. The summed E-state index contributed by atoms with van der Waals surface area (Å²) in [7, 11) is 0. The van der Waals surface area contributed by atoms with Crippen molar-refractivity contribution in [2.45, 2.75) is 44.9 Å². The Kier molecular flexibility index (Phi) is 5.52. The summed E-state index contributed by atoms with van der Waals surface area (Å²) in [5, 5.41) is 10.2. The van der Waals surface area contributed by atoms with E-state index in [1.54, 1.807) is 18.2 Å². The first kappa shape index (κ1) is 15.4. The van der Waals surface area contributed by atoms with E-state index in [4.69, 9.17) is 4.74 Å². The lowest BCUT2D eigenvalue weighted by molar-refractivity contribution is -0.0592. The van der Waals surface area contributed by atoms with Gasteiger partial charge in [-0.25, -0.2) is 4.39 Å². The molecule has 1 aliphatic rings. The summed E-state index contributed by atoms with van der Waals surface area (Å²) < 4.78 is 19.3. The Morgan fingerprint density at radius 2 is 2.20 bits per heavy atom. The molecule has 1 N–H and O–H groups in total. The largest absolute Gasteiger partial charge is 0.388 e. The molecule has 4 heteroatoms. The van der Waals surface area contributed by atoms with Crippen molar-refractivity contribution in [2.75, 3.05) is 19.7 Å². The summed E-state index contributed by atoms with van der Waals surface area (Å²) in [6, 6.07) is 6.85. The lowest BCUT2D eigenvalue weighted by atomic mass is 10.0. The second kappa shape index (κ2) is 7.16. The van der Waals surface area contributed by atoms with Crippen molar-refractivity contribution >= 4 is 0 Å². The zero-order valence-electron chi connectivity index (χ0n) is 12.3. The molecule has 0 aliphatic carbocycles.